The van der Waals surface area contributed by atoms with E-state index in [0.717, 1.165) is 4.47 Å². The average Bonchev–Trinajstić information content (AvgIpc) is 2.54. The molecule has 2 aromatic carbocycles. The molecule has 1 aromatic heterocycles. The first-order valence-corrected chi connectivity index (χ1v) is 7.85. The van der Waals surface area contributed by atoms with Gasteiger partial charge in [-0.25, -0.2) is 4.68 Å². The Kier molecular flexibility index (Phi) is 4.25. The van der Waals surface area contributed by atoms with Gasteiger partial charge in [0.1, 0.15) is 0 Å². The molecule has 1 N–H and O–H groups in total. The lowest BCUT2D eigenvalue weighted by Crippen LogP contribution is -2.24. The van der Waals surface area contributed by atoms with Gasteiger partial charge in [-0.15, -0.1) is 0 Å². The molecule has 3 rings (SSSR count). The predicted octanol–water partition coefficient (Wildman–Crippen LogP) is 2.88. The van der Waals surface area contributed by atoms with Crippen molar-refractivity contribution in [3.63, 3.8) is 0 Å². The van der Waals surface area contributed by atoms with Crippen LogP contribution in [0.25, 0.3) is 10.8 Å². The Morgan fingerprint density at radius 3 is 2.52 bits per heavy atom. The number of aryl methyl sites for hydroxylation is 1. The van der Waals surface area contributed by atoms with Crippen molar-refractivity contribution in [2.45, 2.75) is 6.42 Å². The molecular weight excluding hydrogens is 358 g/mol. The van der Waals surface area contributed by atoms with E-state index >= 15 is 0 Å². The number of halogens is 1. The number of carbonyl (C=O) groups excluding carboxylic acids is 1. The zero-order valence-corrected chi connectivity index (χ0v) is 14.0. The van der Waals surface area contributed by atoms with Gasteiger partial charge in [0.2, 0.25) is 5.91 Å². The Morgan fingerprint density at radius 1 is 1.13 bits per heavy atom. The Hall–Kier alpha value is -2.47. The highest BCUT2D eigenvalue weighted by Gasteiger charge is 2.13. The van der Waals surface area contributed by atoms with Crippen LogP contribution in [0.4, 0.5) is 5.69 Å². The topological polar surface area (TPSA) is 64.0 Å². The van der Waals surface area contributed by atoms with E-state index in [4.69, 9.17) is 0 Å². The fraction of sp³-hybridized carbons (Fsp3) is 0.118. The van der Waals surface area contributed by atoms with E-state index in [1.807, 2.05) is 36.4 Å². The van der Waals surface area contributed by atoms with Gasteiger partial charge in [-0.05, 0) is 34.1 Å². The third kappa shape index (κ3) is 3.17. The largest absolute Gasteiger partial charge is 0.325 e. The fourth-order valence-electron chi connectivity index (χ4n) is 2.42. The lowest BCUT2D eigenvalue weighted by molar-refractivity contribution is -0.115. The molecule has 0 bridgehead atoms. The SMILES string of the molecule is Cn1nc(CC(=O)Nc2ccccc2Br)c2ccccc2c1=O. The molecule has 0 saturated heterocycles. The van der Waals surface area contributed by atoms with Crippen LogP contribution in [0.15, 0.2) is 57.8 Å². The van der Waals surface area contributed by atoms with E-state index in [9.17, 15) is 9.59 Å². The van der Waals surface area contributed by atoms with Gasteiger partial charge in [-0.3, -0.25) is 9.59 Å². The molecule has 0 atom stereocenters. The summed E-state index contributed by atoms with van der Waals surface area (Å²) in [7, 11) is 1.59. The highest BCUT2D eigenvalue weighted by Crippen LogP contribution is 2.21. The predicted molar refractivity (Wildman–Crippen MR) is 93.5 cm³/mol. The van der Waals surface area contributed by atoms with Crippen LogP contribution < -0.4 is 10.9 Å². The summed E-state index contributed by atoms with van der Waals surface area (Å²) in [5, 5.41) is 8.35. The van der Waals surface area contributed by atoms with Gasteiger partial charge >= 0.3 is 0 Å². The summed E-state index contributed by atoms with van der Waals surface area (Å²) in [6.07, 6.45) is 0.0932. The van der Waals surface area contributed by atoms with E-state index in [-0.39, 0.29) is 17.9 Å². The second-order valence-corrected chi connectivity index (χ2v) is 5.98. The van der Waals surface area contributed by atoms with E-state index in [0.29, 0.717) is 22.2 Å². The molecular formula is C17H14BrN3O2. The normalized spacial score (nSPS) is 10.7. The average molecular weight is 372 g/mol. The summed E-state index contributed by atoms with van der Waals surface area (Å²) in [6, 6.07) is 14.6. The first-order valence-electron chi connectivity index (χ1n) is 7.05. The lowest BCUT2D eigenvalue weighted by atomic mass is 10.1. The number of hydrogen-bond acceptors (Lipinski definition) is 3. The van der Waals surface area contributed by atoms with Gasteiger partial charge in [0.15, 0.2) is 0 Å². The number of amides is 1. The van der Waals surface area contributed by atoms with Gasteiger partial charge in [0, 0.05) is 16.9 Å². The quantitative estimate of drug-likeness (QED) is 0.769. The van der Waals surface area contributed by atoms with Gasteiger partial charge < -0.3 is 5.32 Å². The molecule has 0 aliphatic carbocycles. The first kappa shape index (κ1) is 15.4. The molecule has 0 spiro atoms. The van der Waals surface area contributed by atoms with Crippen LogP contribution in [0, 0.1) is 0 Å². The molecule has 23 heavy (non-hydrogen) atoms. The fourth-order valence-corrected chi connectivity index (χ4v) is 2.80. The highest BCUT2D eigenvalue weighted by atomic mass is 79.9. The summed E-state index contributed by atoms with van der Waals surface area (Å²) in [4.78, 5) is 24.4. The molecule has 0 saturated carbocycles. The van der Waals surface area contributed by atoms with E-state index in [1.165, 1.54) is 4.68 Å². The lowest BCUT2D eigenvalue weighted by Gasteiger charge is -2.09. The summed E-state index contributed by atoms with van der Waals surface area (Å²) < 4.78 is 2.08. The molecule has 3 aromatic rings. The van der Waals surface area contributed by atoms with Crippen molar-refractivity contribution in [2.75, 3.05) is 5.32 Å². The summed E-state index contributed by atoms with van der Waals surface area (Å²) in [5.41, 5.74) is 1.11. The number of aromatic nitrogens is 2. The number of carbonyl (C=O) groups is 1. The molecule has 0 aliphatic rings. The molecule has 0 radical (unpaired) electrons. The van der Waals surface area contributed by atoms with Crippen molar-refractivity contribution in [1.29, 1.82) is 0 Å². The smallest absolute Gasteiger partial charge is 0.274 e. The Labute approximate surface area is 141 Å². The molecule has 5 nitrogen and oxygen atoms in total. The van der Waals surface area contributed by atoms with Crippen molar-refractivity contribution in [2.24, 2.45) is 7.05 Å². The summed E-state index contributed by atoms with van der Waals surface area (Å²) >= 11 is 3.40. The maximum absolute atomic E-state index is 12.3. The van der Waals surface area contributed by atoms with Crippen molar-refractivity contribution in [3.05, 3.63) is 69.1 Å². The van der Waals surface area contributed by atoms with Crippen LogP contribution in [-0.2, 0) is 18.3 Å². The summed E-state index contributed by atoms with van der Waals surface area (Å²) in [5.74, 6) is -0.187. The second-order valence-electron chi connectivity index (χ2n) is 5.13. The number of anilines is 1. The second kappa shape index (κ2) is 6.34. The Balaban J connectivity index is 1.93. The Morgan fingerprint density at radius 2 is 1.78 bits per heavy atom. The van der Waals surface area contributed by atoms with Gasteiger partial charge in [-0.2, -0.15) is 5.10 Å². The number of hydrogen-bond donors (Lipinski definition) is 1. The van der Waals surface area contributed by atoms with Crippen LogP contribution in [0.1, 0.15) is 5.69 Å². The Bertz CT molecular complexity index is 950. The molecule has 6 heteroatoms. The third-order valence-corrected chi connectivity index (χ3v) is 4.20. The maximum atomic E-state index is 12.3. The summed E-state index contributed by atoms with van der Waals surface area (Å²) in [6.45, 7) is 0. The van der Waals surface area contributed by atoms with Crippen molar-refractivity contribution in [3.8, 4) is 0 Å². The minimum absolute atomic E-state index is 0.0932. The molecule has 0 unspecified atom stereocenters. The first-order chi connectivity index (χ1) is 11.1. The molecule has 1 heterocycles. The number of nitrogens with zero attached hydrogens (tertiary/aromatic N) is 2. The third-order valence-electron chi connectivity index (χ3n) is 3.51. The zero-order chi connectivity index (χ0) is 16.4. The van der Waals surface area contributed by atoms with Crippen LogP contribution >= 0.6 is 15.9 Å². The number of nitrogens with one attached hydrogen (secondary N) is 1. The number of fused-ring (bicyclic) bond motifs is 1. The number of para-hydroxylation sites is 1. The molecule has 0 aliphatic heterocycles. The molecule has 0 fully saturated rings. The van der Waals surface area contributed by atoms with E-state index < -0.39 is 0 Å². The number of benzene rings is 2. The van der Waals surface area contributed by atoms with Crippen LogP contribution in [0.3, 0.4) is 0 Å². The van der Waals surface area contributed by atoms with Gasteiger partial charge in [0.25, 0.3) is 5.56 Å². The van der Waals surface area contributed by atoms with E-state index in [1.54, 1.807) is 19.2 Å². The molecule has 1 amide bonds. The van der Waals surface area contributed by atoms with Crippen molar-refractivity contribution < 1.29 is 4.79 Å². The highest BCUT2D eigenvalue weighted by molar-refractivity contribution is 9.10. The van der Waals surface area contributed by atoms with Crippen molar-refractivity contribution in [1.82, 2.24) is 9.78 Å². The maximum Gasteiger partial charge on any atom is 0.274 e. The monoisotopic (exact) mass is 371 g/mol. The van der Waals surface area contributed by atoms with Crippen LogP contribution in [-0.4, -0.2) is 15.7 Å². The van der Waals surface area contributed by atoms with Gasteiger partial charge in [-0.1, -0.05) is 30.3 Å². The molecule has 116 valence electrons. The van der Waals surface area contributed by atoms with Crippen molar-refractivity contribution >= 4 is 38.3 Å². The number of rotatable bonds is 3. The van der Waals surface area contributed by atoms with Crippen LogP contribution in [0.5, 0.6) is 0 Å². The van der Waals surface area contributed by atoms with E-state index in [2.05, 4.69) is 26.3 Å². The van der Waals surface area contributed by atoms with Gasteiger partial charge in [0.05, 0.1) is 23.2 Å². The minimum Gasteiger partial charge on any atom is -0.325 e. The standard InChI is InChI=1S/C17H14BrN3O2/c1-21-17(23)12-7-3-2-6-11(12)15(20-21)10-16(22)19-14-9-5-4-8-13(14)18/h2-9H,10H2,1H3,(H,19,22). The minimum atomic E-state index is -0.187. The zero-order valence-electron chi connectivity index (χ0n) is 12.4. The van der Waals surface area contributed by atoms with Crippen LogP contribution in [0.2, 0.25) is 0 Å².